The van der Waals surface area contributed by atoms with Crippen LogP contribution in [0.2, 0.25) is 0 Å². The van der Waals surface area contributed by atoms with E-state index in [2.05, 4.69) is 4.74 Å². The van der Waals surface area contributed by atoms with Crippen molar-refractivity contribution in [3.63, 3.8) is 0 Å². The lowest BCUT2D eigenvalue weighted by Crippen LogP contribution is -2.26. The zero-order valence-electron chi connectivity index (χ0n) is 13.6. The van der Waals surface area contributed by atoms with Crippen LogP contribution >= 0.6 is 0 Å². The van der Waals surface area contributed by atoms with Gasteiger partial charge in [0.25, 0.3) is 0 Å². The molecule has 0 radical (unpaired) electrons. The maximum absolute atomic E-state index is 10.9. The molecule has 1 aromatic rings. The number of esters is 1. The third-order valence-electron chi connectivity index (χ3n) is 3.23. The standard InChI is InChI=1S/C9H12O3.C7H14O3/c1-6-2-7(4-10)9(12)8(3-6)5-11;1-7(2,4-5-8)6(9)10-3/h2-3,10-12H,4-5H2,1H3;8H,4-5H2,1-3H3. The minimum absolute atomic E-state index is 0.00870. The Morgan fingerprint density at radius 3 is 1.91 bits per heavy atom. The van der Waals surface area contributed by atoms with E-state index < -0.39 is 5.41 Å². The second kappa shape index (κ2) is 9.40. The smallest absolute Gasteiger partial charge is 0.311 e. The number of benzene rings is 1. The minimum Gasteiger partial charge on any atom is -0.507 e. The fourth-order valence-electron chi connectivity index (χ4n) is 1.83. The molecule has 22 heavy (non-hydrogen) atoms. The summed E-state index contributed by atoms with van der Waals surface area (Å²) in [6.45, 7) is 4.94. The zero-order chi connectivity index (χ0) is 17.3. The molecule has 6 nitrogen and oxygen atoms in total. The molecule has 0 amide bonds. The van der Waals surface area contributed by atoms with E-state index in [9.17, 15) is 9.90 Å². The number of phenols is 1. The maximum Gasteiger partial charge on any atom is 0.311 e. The monoisotopic (exact) mass is 314 g/mol. The summed E-state index contributed by atoms with van der Waals surface area (Å²) < 4.78 is 4.52. The second-order valence-electron chi connectivity index (χ2n) is 5.60. The number of aryl methyl sites for hydroxylation is 1. The van der Waals surface area contributed by atoms with Gasteiger partial charge in [-0.15, -0.1) is 0 Å². The Balaban J connectivity index is 0.000000409. The Kier molecular flexibility index (Phi) is 8.70. The molecule has 0 heterocycles. The van der Waals surface area contributed by atoms with Gasteiger partial charge >= 0.3 is 5.97 Å². The number of aliphatic hydroxyl groups excluding tert-OH is 3. The van der Waals surface area contributed by atoms with Gasteiger partial charge in [-0.25, -0.2) is 0 Å². The molecule has 0 aliphatic rings. The van der Waals surface area contributed by atoms with Crippen molar-refractivity contribution in [3.8, 4) is 5.75 Å². The second-order valence-corrected chi connectivity index (χ2v) is 5.60. The molecule has 1 aromatic carbocycles. The molecule has 0 spiro atoms. The van der Waals surface area contributed by atoms with Crippen molar-refractivity contribution in [1.29, 1.82) is 0 Å². The number of rotatable bonds is 5. The van der Waals surface area contributed by atoms with Gasteiger partial charge in [0.1, 0.15) is 5.75 Å². The number of carbonyl (C=O) groups excluding carboxylic acids is 1. The molecule has 0 aromatic heterocycles. The molecule has 0 bridgehead atoms. The molecule has 0 fully saturated rings. The first kappa shape index (κ1) is 20.4. The largest absolute Gasteiger partial charge is 0.507 e. The Morgan fingerprint density at radius 1 is 1.14 bits per heavy atom. The van der Waals surface area contributed by atoms with Crippen molar-refractivity contribution in [1.82, 2.24) is 0 Å². The van der Waals surface area contributed by atoms with Crippen molar-refractivity contribution in [3.05, 3.63) is 28.8 Å². The first-order chi connectivity index (χ1) is 10.2. The van der Waals surface area contributed by atoms with Crippen LogP contribution in [0.3, 0.4) is 0 Å². The lowest BCUT2D eigenvalue weighted by molar-refractivity contribution is -0.151. The summed E-state index contributed by atoms with van der Waals surface area (Å²) in [7, 11) is 1.35. The minimum atomic E-state index is -0.552. The highest BCUT2D eigenvalue weighted by Crippen LogP contribution is 2.24. The van der Waals surface area contributed by atoms with E-state index in [0.717, 1.165) is 5.56 Å². The molecule has 0 atom stereocenters. The van der Waals surface area contributed by atoms with Crippen LogP contribution < -0.4 is 0 Å². The summed E-state index contributed by atoms with van der Waals surface area (Å²) in [5, 5.41) is 35.6. The number of methoxy groups -OCH3 is 1. The van der Waals surface area contributed by atoms with Crippen LogP contribution in [0.25, 0.3) is 0 Å². The van der Waals surface area contributed by atoms with Crippen LogP contribution in [0.5, 0.6) is 5.75 Å². The molecule has 0 saturated carbocycles. The molecular weight excluding hydrogens is 288 g/mol. The van der Waals surface area contributed by atoms with Crippen molar-refractivity contribution < 1.29 is 30.0 Å². The van der Waals surface area contributed by atoms with Crippen LogP contribution in [0.4, 0.5) is 0 Å². The van der Waals surface area contributed by atoms with Crippen LogP contribution in [-0.2, 0) is 22.7 Å². The van der Waals surface area contributed by atoms with E-state index in [0.29, 0.717) is 17.5 Å². The highest BCUT2D eigenvalue weighted by molar-refractivity contribution is 5.75. The molecule has 1 rings (SSSR count). The molecule has 4 N–H and O–H groups in total. The number of ether oxygens (including phenoxy) is 1. The van der Waals surface area contributed by atoms with Crippen LogP contribution in [-0.4, -0.2) is 40.1 Å². The zero-order valence-corrected chi connectivity index (χ0v) is 13.6. The Morgan fingerprint density at radius 2 is 1.59 bits per heavy atom. The Hall–Kier alpha value is -1.63. The number of hydrogen-bond donors (Lipinski definition) is 4. The van der Waals surface area contributed by atoms with Gasteiger partial charge in [0.2, 0.25) is 0 Å². The third-order valence-corrected chi connectivity index (χ3v) is 3.23. The van der Waals surface area contributed by atoms with Crippen LogP contribution in [0, 0.1) is 12.3 Å². The summed E-state index contributed by atoms with van der Waals surface area (Å²) in [5.74, 6) is -0.285. The summed E-state index contributed by atoms with van der Waals surface area (Å²) in [4.78, 5) is 10.9. The topological polar surface area (TPSA) is 107 Å². The summed E-state index contributed by atoms with van der Waals surface area (Å²) in [5.41, 5.74) is 1.28. The molecule has 0 saturated heterocycles. The quantitative estimate of drug-likeness (QED) is 0.609. The average Bonchev–Trinajstić information content (AvgIpc) is 2.48. The Bertz CT molecular complexity index is 457. The van der Waals surface area contributed by atoms with Gasteiger partial charge in [-0.05, 0) is 27.2 Å². The molecule has 0 aliphatic heterocycles. The van der Waals surface area contributed by atoms with Gasteiger partial charge < -0.3 is 25.2 Å². The van der Waals surface area contributed by atoms with E-state index in [4.69, 9.17) is 15.3 Å². The van der Waals surface area contributed by atoms with Gasteiger partial charge in [0.05, 0.1) is 25.7 Å². The van der Waals surface area contributed by atoms with Gasteiger partial charge in [-0.3, -0.25) is 4.79 Å². The van der Waals surface area contributed by atoms with E-state index >= 15 is 0 Å². The van der Waals surface area contributed by atoms with Gasteiger partial charge in [0.15, 0.2) is 0 Å². The highest BCUT2D eigenvalue weighted by atomic mass is 16.5. The van der Waals surface area contributed by atoms with E-state index in [1.54, 1.807) is 26.0 Å². The number of hydrogen-bond acceptors (Lipinski definition) is 6. The van der Waals surface area contributed by atoms with E-state index in [1.807, 2.05) is 6.92 Å². The van der Waals surface area contributed by atoms with Gasteiger partial charge in [-0.2, -0.15) is 0 Å². The number of aliphatic hydroxyl groups is 3. The first-order valence-electron chi connectivity index (χ1n) is 6.95. The van der Waals surface area contributed by atoms with Crippen molar-refractivity contribution in [2.24, 2.45) is 5.41 Å². The van der Waals surface area contributed by atoms with Crippen molar-refractivity contribution in [2.45, 2.75) is 40.4 Å². The molecule has 126 valence electrons. The van der Waals surface area contributed by atoms with Crippen LogP contribution in [0.15, 0.2) is 12.1 Å². The highest BCUT2D eigenvalue weighted by Gasteiger charge is 2.27. The fourth-order valence-corrected chi connectivity index (χ4v) is 1.83. The lowest BCUT2D eigenvalue weighted by atomic mass is 9.90. The molecule has 6 heteroatoms. The maximum atomic E-state index is 10.9. The summed E-state index contributed by atoms with van der Waals surface area (Å²) >= 11 is 0. The predicted octanol–water partition coefficient (Wildman–Crippen LogP) is 1.25. The molecule has 0 unspecified atom stereocenters. The summed E-state index contributed by atoms with van der Waals surface area (Å²) in [6, 6.07) is 3.38. The molecule has 0 aliphatic carbocycles. The van der Waals surface area contributed by atoms with E-state index in [1.165, 1.54) is 7.11 Å². The predicted molar refractivity (Wildman–Crippen MR) is 82.2 cm³/mol. The van der Waals surface area contributed by atoms with Crippen molar-refractivity contribution >= 4 is 5.97 Å². The Labute approximate surface area is 131 Å². The normalized spacial score (nSPS) is 10.7. The molecular formula is C16H26O6. The van der Waals surface area contributed by atoms with Crippen LogP contribution in [0.1, 0.15) is 37.0 Å². The summed E-state index contributed by atoms with van der Waals surface area (Å²) in [6.07, 6.45) is 0.444. The van der Waals surface area contributed by atoms with Gasteiger partial charge in [0, 0.05) is 17.7 Å². The first-order valence-corrected chi connectivity index (χ1v) is 6.95. The third kappa shape index (κ3) is 6.01. The number of aromatic hydroxyl groups is 1. The number of carbonyl (C=O) groups is 1. The van der Waals surface area contributed by atoms with E-state index in [-0.39, 0.29) is 31.5 Å². The van der Waals surface area contributed by atoms with Gasteiger partial charge in [-0.1, -0.05) is 17.7 Å². The average molecular weight is 314 g/mol. The van der Waals surface area contributed by atoms with Crippen molar-refractivity contribution in [2.75, 3.05) is 13.7 Å². The SMILES string of the molecule is COC(=O)C(C)(C)CCO.Cc1cc(CO)c(O)c(CO)c1. The fraction of sp³-hybridized carbons (Fsp3) is 0.562. The lowest BCUT2D eigenvalue weighted by Gasteiger charge is -2.19.